The number of nitrogens with two attached hydrogens (primary N) is 2. The maximum Gasteiger partial charge on any atom is 0.328 e. The Bertz CT molecular complexity index is 1040. The first-order chi connectivity index (χ1) is 20.0. The van der Waals surface area contributed by atoms with Gasteiger partial charge in [-0.15, -0.1) is 0 Å². The normalized spacial score (nSPS) is 18.9. The highest BCUT2D eigenvalue weighted by Gasteiger charge is 2.38. The quantitative estimate of drug-likeness (QED) is 0.0760. The summed E-state index contributed by atoms with van der Waals surface area (Å²) in [4.78, 5) is 88.5. The van der Waals surface area contributed by atoms with E-state index in [-0.39, 0.29) is 38.1 Å². The predicted octanol–water partition coefficient (Wildman–Crippen LogP) is -3.97. The molecule has 1 saturated heterocycles. The van der Waals surface area contributed by atoms with Crippen LogP contribution < -0.4 is 32.7 Å². The Morgan fingerprint density at radius 2 is 1.51 bits per heavy atom. The Balaban J connectivity index is 3.06. The number of nitrogens with one attached hydrogen (secondary N) is 4. The smallest absolute Gasteiger partial charge is 0.328 e. The molecule has 0 aromatic carbocycles. The minimum absolute atomic E-state index is 0.109. The maximum absolute atomic E-state index is 13.3. The Morgan fingerprint density at radius 1 is 0.907 bits per heavy atom. The van der Waals surface area contributed by atoms with Gasteiger partial charge in [-0.25, -0.2) is 4.79 Å². The molecule has 0 aromatic rings. The second kappa shape index (κ2) is 17.3. The molecule has 0 spiro atoms. The van der Waals surface area contributed by atoms with Crippen molar-refractivity contribution in [2.24, 2.45) is 17.4 Å². The minimum atomic E-state index is -1.61. The van der Waals surface area contributed by atoms with Crippen molar-refractivity contribution in [1.29, 1.82) is 0 Å². The summed E-state index contributed by atoms with van der Waals surface area (Å²) in [6, 6.07) is -7.58. The predicted molar refractivity (Wildman–Crippen MR) is 150 cm³/mol. The summed E-state index contributed by atoms with van der Waals surface area (Å²) in [5.41, 5.74) is 10.9. The molecule has 1 fully saturated rings. The van der Waals surface area contributed by atoms with Gasteiger partial charge in [0.05, 0.1) is 12.7 Å². The van der Waals surface area contributed by atoms with Crippen molar-refractivity contribution in [3.05, 3.63) is 0 Å². The monoisotopic (exact) mass is 615 g/mol. The molecule has 0 bridgehead atoms. The number of carbonyl (C=O) groups is 7. The lowest BCUT2D eigenvalue weighted by atomic mass is 10.0. The topological polar surface area (TPSA) is 284 Å². The fraction of sp³-hybridized carbons (Fsp3) is 0.731. The number of hydrogen-bond acceptors (Lipinski definition) is 10. The number of rotatable bonds is 17. The van der Waals surface area contributed by atoms with E-state index in [0.29, 0.717) is 6.42 Å². The van der Waals surface area contributed by atoms with Gasteiger partial charge in [0.2, 0.25) is 35.4 Å². The largest absolute Gasteiger partial charge is 0.480 e. The van der Waals surface area contributed by atoms with E-state index >= 15 is 0 Å². The minimum Gasteiger partial charge on any atom is -0.480 e. The van der Waals surface area contributed by atoms with Crippen LogP contribution in [0.1, 0.15) is 59.8 Å². The third-order valence-electron chi connectivity index (χ3n) is 6.80. The van der Waals surface area contributed by atoms with Gasteiger partial charge in [-0.05, 0) is 45.4 Å². The standard InChI is InChI=1S/C26H45N7O10/c1-12(2)10-17(23(39)29-13(3)21(37)32-20(14(4)35)26(42)43)31-22(38)16(7-8-19(28)36)30-24(40)18-6-5-9-33(18)25(41)15(27)11-34/h12-18,20,34-35H,5-11,27H2,1-4H3,(H2,28,36)(H,29,39)(H,30,40)(H,31,38)(H,32,37)(H,42,43)/t13-,14+,15-,16-,17-,18-,20-/m0/s1. The molecule has 6 amide bonds. The van der Waals surface area contributed by atoms with Gasteiger partial charge in [-0.3, -0.25) is 28.8 Å². The molecule has 17 heteroatoms. The van der Waals surface area contributed by atoms with Gasteiger partial charge < -0.3 is 53.0 Å². The van der Waals surface area contributed by atoms with Gasteiger partial charge in [0, 0.05) is 13.0 Å². The average Bonchev–Trinajstić information content (AvgIpc) is 3.41. The van der Waals surface area contributed by atoms with E-state index in [0.717, 1.165) is 0 Å². The van der Waals surface area contributed by atoms with E-state index in [2.05, 4.69) is 21.3 Å². The van der Waals surface area contributed by atoms with Crippen LogP contribution in [0.25, 0.3) is 0 Å². The van der Waals surface area contributed by atoms with Crippen LogP contribution in [0.3, 0.4) is 0 Å². The lowest BCUT2D eigenvalue weighted by Crippen LogP contribution is -2.59. The molecule has 0 saturated carbocycles. The van der Waals surface area contributed by atoms with E-state index < -0.39 is 90.4 Å². The Morgan fingerprint density at radius 3 is 2.02 bits per heavy atom. The van der Waals surface area contributed by atoms with Gasteiger partial charge in [-0.2, -0.15) is 0 Å². The van der Waals surface area contributed by atoms with Crippen LogP contribution in [0, 0.1) is 5.92 Å². The summed E-state index contributed by atoms with van der Waals surface area (Å²) in [5, 5.41) is 37.6. The molecule has 0 aliphatic carbocycles. The maximum atomic E-state index is 13.3. The van der Waals surface area contributed by atoms with Crippen LogP contribution in [0.15, 0.2) is 0 Å². The van der Waals surface area contributed by atoms with Crippen molar-refractivity contribution in [3.63, 3.8) is 0 Å². The van der Waals surface area contributed by atoms with Crippen LogP contribution in [0.5, 0.6) is 0 Å². The van der Waals surface area contributed by atoms with Crippen LogP contribution >= 0.6 is 0 Å². The highest BCUT2D eigenvalue weighted by molar-refractivity contribution is 5.96. The Hall–Kier alpha value is -3.83. The number of amides is 6. The average molecular weight is 616 g/mol. The molecule has 11 N–H and O–H groups in total. The molecule has 1 rings (SSSR count). The Labute approximate surface area is 249 Å². The molecule has 0 radical (unpaired) electrons. The molecule has 43 heavy (non-hydrogen) atoms. The van der Waals surface area contributed by atoms with Crippen molar-refractivity contribution in [1.82, 2.24) is 26.2 Å². The molecule has 1 aliphatic rings. The van der Waals surface area contributed by atoms with Gasteiger partial charge >= 0.3 is 5.97 Å². The lowest BCUT2D eigenvalue weighted by molar-refractivity contribution is -0.145. The molecule has 0 aromatic heterocycles. The van der Waals surface area contributed by atoms with E-state index in [4.69, 9.17) is 11.5 Å². The summed E-state index contributed by atoms with van der Waals surface area (Å²) < 4.78 is 0. The zero-order valence-corrected chi connectivity index (χ0v) is 24.9. The fourth-order valence-corrected chi connectivity index (χ4v) is 4.44. The number of likely N-dealkylation sites (tertiary alicyclic amines) is 1. The van der Waals surface area contributed by atoms with Crippen molar-refractivity contribution >= 4 is 41.4 Å². The van der Waals surface area contributed by atoms with Crippen LogP contribution in [-0.4, -0.2) is 117 Å². The van der Waals surface area contributed by atoms with Crippen molar-refractivity contribution in [3.8, 4) is 0 Å². The summed E-state index contributed by atoms with van der Waals surface area (Å²) in [5.74, 6) is -6.16. The summed E-state index contributed by atoms with van der Waals surface area (Å²) >= 11 is 0. The van der Waals surface area contributed by atoms with E-state index in [1.807, 2.05) is 0 Å². The van der Waals surface area contributed by atoms with Gasteiger partial charge in [-0.1, -0.05) is 13.8 Å². The van der Waals surface area contributed by atoms with Crippen molar-refractivity contribution in [2.45, 2.75) is 102 Å². The highest BCUT2D eigenvalue weighted by atomic mass is 16.4. The summed E-state index contributed by atoms with van der Waals surface area (Å²) in [7, 11) is 0. The number of aliphatic hydroxyl groups is 2. The van der Waals surface area contributed by atoms with Crippen molar-refractivity contribution < 1.29 is 48.9 Å². The van der Waals surface area contributed by atoms with E-state index in [1.54, 1.807) is 13.8 Å². The summed E-state index contributed by atoms with van der Waals surface area (Å²) in [6.45, 7) is 5.62. The Kier molecular flexibility index (Phi) is 15.0. The first-order valence-corrected chi connectivity index (χ1v) is 14.1. The van der Waals surface area contributed by atoms with Gasteiger partial charge in [0.1, 0.15) is 30.2 Å². The second-order valence-corrected chi connectivity index (χ2v) is 11.0. The first-order valence-electron chi connectivity index (χ1n) is 14.1. The van der Waals surface area contributed by atoms with Gasteiger partial charge in [0.15, 0.2) is 6.04 Å². The first kappa shape index (κ1) is 37.2. The zero-order chi connectivity index (χ0) is 33.0. The molecular formula is C26H45N7O10. The second-order valence-electron chi connectivity index (χ2n) is 11.0. The van der Waals surface area contributed by atoms with E-state index in [1.165, 1.54) is 18.7 Å². The molecule has 1 heterocycles. The molecule has 7 atom stereocenters. The molecule has 0 unspecified atom stereocenters. The SMILES string of the molecule is CC(C)C[C@H](NC(=O)[C@H](CCC(N)=O)NC(=O)[C@@H]1CCCN1C(=O)[C@@H](N)CO)C(=O)N[C@@H](C)C(=O)N[C@H](C(=O)O)[C@@H](C)O. The molecular weight excluding hydrogens is 570 g/mol. The van der Waals surface area contributed by atoms with Crippen LogP contribution in [0.4, 0.5) is 0 Å². The number of carboxylic acid groups (broad SMARTS) is 1. The molecule has 17 nitrogen and oxygen atoms in total. The fourth-order valence-electron chi connectivity index (χ4n) is 4.44. The third kappa shape index (κ3) is 11.8. The molecule has 1 aliphatic heterocycles. The number of primary amides is 1. The highest BCUT2D eigenvalue weighted by Crippen LogP contribution is 2.19. The number of nitrogens with zero attached hydrogens (tertiary/aromatic N) is 1. The van der Waals surface area contributed by atoms with Crippen molar-refractivity contribution in [2.75, 3.05) is 13.2 Å². The number of carboxylic acids is 1. The third-order valence-corrected chi connectivity index (χ3v) is 6.80. The van der Waals surface area contributed by atoms with Gasteiger partial charge in [0.25, 0.3) is 0 Å². The number of aliphatic hydroxyl groups excluding tert-OH is 2. The van der Waals surface area contributed by atoms with Crippen LogP contribution in [0.2, 0.25) is 0 Å². The van der Waals surface area contributed by atoms with E-state index in [9.17, 15) is 48.9 Å². The number of aliphatic carboxylic acids is 1. The van der Waals surface area contributed by atoms with Crippen LogP contribution in [-0.2, 0) is 33.6 Å². The zero-order valence-electron chi connectivity index (χ0n) is 24.9. The number of carbonyl (C=O) groups excluding carboxylic acids is 6. The lowest BCUT2D eigenvalue weighted by Gasteiger charge is -2.29. The number of hydrogen-bond donors (Lipinski definition) is 9. The summed E-state index contributed by atoms with van der Waals surface area (Å²) in [6.07, 6.45) is -1.05. The molecule has 244 valence electrons.